The van der Waals surface area contributed by atoms with Gasteiger partial charge in [0.1, 0.15) is 17.8 Å². The van der Waals surface area contributed by atoms with Gasteiger partial charge in [-0.3, -0.25) is 4.79 Å². The number of nitrogens with one attached hydrogen (secondary N) is 3. The summed E-state index contributed by atoms with van der Waals surface area (Å²) in [4.78, 5) is 29.7. The van der Waals surface area contributed by atoms with Crippen molar-refractivity contribution in [1.82, 2.24) is 30.5 Å². The number of halogens is 2. The summed E-state index contributed by atoms with van der Waals surface area (Å²) in [5.74, 6) is 1.68. The summed E-state index contributed by atoms with van der Waals surface area (Å²) in [6.07, 6.45) is 5.42. The summed E-state index contributed by atoms with van der Waals surface area (Å²) in [6, 6.07) is 0.294. The number of likely N-dealkylation sites (N-methyl/N-ethyl adjacent to an activating group) is 1. The van der Waals surface area contributed by atoms with Gasteiger partial charge in [-0.15, -0.1) is 36.6 Å². The third kappa shape index (κ3) is 5.35. The first kappa shape index (κ1) is 23.8. The topological polar surface area (TPSA) is 89.2 Å². The Morgan fingerprint density at radius 3 is 2.97 bits per heavy atom. The first-order valence-corrected chi connectivity index (χ1v) is 10.2. The van der Waals surface area contributed by atoms with Crippen LogP contribution in [0.15, 0.2) is 23.6 Å². The number of anilines is 1. The maximum Gasteiger partial charge on any atom is 0.259 e. The van der Waals surface area contributed by atoms with Gasteiger partial charge in [0, 0.05) is 56.9 Å². The van der Waals surface area contributed by atoms with Crippen LogP contribution in [0.25, 0.3) is 11.0 Å². The molecule has 2 aliphatic heterocycles. The van der Waals surface area contributed by atoms with E-state index in [1.54, 1.807) is 18.1 Å². The fraction of sp³-hybridized carbons (Fsp3) is 0.500. The summed E-state index contributed by atoms with van der Waals surface area (Å²) in [6.45, 7) is 6.44. The maximum atomic E-state index is 12.7. The van der Waals surface area contributed by atoms with E-state index < -0.39 is 0 Å². The van der Waals surface area contributed by atoms with Gasteiger partial charge in [0.2, 0.25) is 0 Å². The average Bonchev–Trinajstić information content (AvgIpc) is 3.07. The molecule has 1 amide bonds. The largest absolute Gasteiger partial charge is 0.350 e. The summed E-state index contributed by atoms with van der Waals surface area (Å²) in [5.41, 5.74) is 1.92. The van der Waals surface area contributed by atoms with Crippen molar-refractivity contribution in [2.45, 2.75) is 13.0 Å². The van der Waals surface area contributed by atoms with Crippen LogP contribution in [0.1, 0.15) is 5.56 Å². The van der Waals surface area contributed by atoms with Crippen molar-refractivity contribution in [2.24, 2.45) is 0 Å². The van der Waals surface area contributed by atoms with E-state index in [9.17, 15) is 4.79 Å². The van der Waals surface area contributed by atoms with Crippen LogP contribution in [-0.4, -0.2) is 77.3 Å². The van der Waals surface area contributed by atoms with Gasteiger partial charge in [-0.25, -0.2) is 9.97 Å². The highest BCUT2D eigenvalue weighted by molar-refractivity contribution is 8.04. The Morgan fingerprint density at radius 2 is 2.17 bits per heavy atom. The molecule has 4 heterocycles. The van der Waals surface area contributed by atoms with E-state index in [0.29, 0.717) is 12.6 Å². The molecule has 1 fully saturated rings. The predicted molar refractivity (Wildman–Crippen MR) is 123 cm³/mol. The molecule has 11 heteroatoms. The van der Waals surface area contributed by atoms with Gasteiger partial charge < -0.3 is 25.4 Å². The van der Waals surface area contributed by atoms with Crippen LogP contribution < -0.4 is 15.5 Å². The van der Waals surface area contributed by atoms with Gasteiger partial charge in [0.25, 0.3) is 5.91 Å². The second-order valence-corrected chi connectivity index (χ2v) is 8.19. The Hall–Kier alpha value is -1.52. The van der Waals surface area contributed by atoms with Gasteiger partial charge >= 0.3 is 0 Å². The minimum Gasteiger partial charge on any atom is -0.350 e. The molecule has 2 aliphatic rings. The van der Waals surface area contributed by atoms with Gasteiger partial charge in [-0.05, 0) is 19.5 Å². The summed E-state index contributed by atoms with van der Waals surface area (Å²) < 4.78 is 0. The third-order valence-electron chi connectivity index (χ3n) is 4.97. The van der Waals surface area contributed by atoms with Crippen LogP contribution in [0.2, 0.25) is 0 Å². The van der Waals surface area contributed by atoms with Crippen molar-refractivity contribution < 1.29 is 4.79 Å². The number of H-pyrrole nitrogens is 1. The zero-order valence-electron chi connectivity index (χ0n) is 16.5. The van der Waals surface area contributed by atoms with E-state index in [4.69, 9.17) is 0 Å². The van der Waals surface area contributed by atoms with Crippen LogP contribution in [-0.2, 0) is 4.79 Å². The normalized spacial score (nSPS) is 19.9. The van der Waals surface area contributed by atoms with Gasteiger partial charge in [0.15, 0.2) is 0 Å². The second-order valence-electron chi connectivity index (χ2n) is 7.05. The number of amides is 1. The zero-order valence-corrected chi connectivity index (χ0v) is 18.9. The van der Waals surface area contributed by atoms with E-state index in [2.05, 4.69) is 42.4 Å². The number of nitrogens with zero attached hydrogens (tertiary/aromatic N) is 4. The monoisotopic (exact) mass is 459 g/mol. The molecule has 0 bridgehead atoms. The molecular weight excluding hydrogens is 433 g/mol. The Morgan fingerprint density at radius 1 is 1.34 bits per heavy atom. The number of aromatic nitrogens is 3. The highest BCUT2D eigenvalue weighted by atomic mass is 35.5. The smallest absolute Gasteiger partial charge is 0.259 e. The first-order chi connectivity index (χ1) is 13.1. The van der Waals surface area contributed by atoms with Crippen LogP contribution >= 0.6 is 36.6 Å². The molecule has 3 N–H and O–H groups in total. The van der Waals surface area contributed by atoms with Crippen LogP contribution in [0.5, 0.6) is 0 Å². The number of hydrogen-bond donors (Lipinski definition) is 3. The SMILES string of the molecule is Cc1c[nH]c2ncnc(N3C=C(C(=O)NCC4CN(C)CCN4)SCC3)c12.Cl.Cl. The van der Waals surface area contributed by atoms with Crippen molar-refractivity contribution in [2.75, 3.05) is 50.4 Å². The number of rotatable bonds is 4. The highest BCUT2D eigenvalue weighted by Crippen LogP contribution is 2.30. The maximum absolute atomic E-state index is 12.7. The molecule has 0 saturated carbocycles. The van der Waals surface area contributed by atoms with E-state index in [1.807, 2.05) is 19.3 Å². The molecule has 1 saturated heterocycles. The van der Waals surface area contributed by atoms with E-state index >= 15 is 0 Å². The summed E-state index contributed by atoms with van der Waals surface area (Å²) >= 11 is 1.59. The van der Waals surface area contributed by atoms with Gasteiger partial charge in [0.05, 0.1) is 10.3 Å². The van der Waals surface area contributed by atoms with E-state index in [-0.39, 0.29) is 30.7 Å². The Kier molecular flexibility index (Phi) is 8.59. The number of carbonyl (C=O) groups excluding carboxylic acids is 1. The molecule has 160 valence electrons. The average molecular weight is 460 g/mol. The molecule has 4 rings (SSSR count). The molecule has 29 heavy (non-hydrogen) atoms. The molecule has 0 aliphatic carbocycles. The van der Waals surface area contributed by atoms with Gasteiger partial charge in [-0.2, -0.15) is 0 Å². The zero-order chi connectivity index (χ0) is 18.8. The molecule has 1 unspecified atom stereocenters. The summed E-state index contributed by atoms with van der Waals surface area (Å²) in [7, 11) is 2.11. The fourth-order valence-electron chi connectivity index (χ4n) is 3.54. The molecule has 8 nitrogen and oxygen atoms in total. The minimum atomic E-state index is -0.0178. The molecule has 0 radical (unpaired) electrons. The molecule has 0 spiro atoms. The Labute approximate surface area is 187 Å². The number of aryl methyl sites for hydroxylation is 1. The third-order valence-corrected chi connectivity index (χ3v) is 5.96. The van der Waals surface area contributed by atoms with Crippen LogP contribution in [0.3, 0.4) is 0 Å². The standard InChI is InChI=1S/C18H25N7OS.2ClH/c1-12-7-20-16-15(12)17(23-11-22-16)25-5-6-27-14(10-25)18(26)21-8-13-9-24(2)4-3-19-13;;/h7,10-11,13,19H,3-6,8-9H2,1-2H3,(H,21,26)(H,20,22,23);2*1H. The highest BCUT2D eigenvalue weighted by Gasteiger charge is 2.23. The summed E-state index contributed by atoms with van der Waals surface area (Å²) in [5, 5.41) is 7.54. The first-order valence-electron chi connectivity index (χ1n) is 9.22. The quantitative estimate of drug-likeness (QED) is 0.638. The minimum absolute atomic E-state index is 0. The molecular formula is C18H27Cl2N7OS. The van der Waals surface area contributed by atoms with E-state index in [0.717, 1.165) is 59.3 Å². The lowest BCUT2D eigenvalue weighted by Gasteiger charge is -2.31. The van der Waals surface area contributed by atoms with Crippen LogP contribution in [0.4, 0.5) is 5.82 Å². The Balaban J connectivity index is 0.00000150. The lowest BCUT2D eigenvalue weighted by atomic mass is 10.2. The van der Waals surface area contributed by atoms with Crippen molar-refractivity contribution in [1.29, 1.82) is 0 Å². The number of fused-ring (bicyclic) bond motifs is 1. The number of aromatic amines is 1. The number of piperazine rings is 1. The Bertz CT molecular complexity index is 875. The number of carbonyl (C=O) groups is 1. The van der Waals surface area contributed by atoms with Crippen molar-refractivity contribution >= 4 is 59.3 Å². The number of thioether (sulfide) groups is 1. The predicted octanol–water partition coefficient (Wildman–Crippen LogP) is 1.52. The van der Waals surface area contributed by atoms with Crippen molar-refractivity contribution in [3.8, 4) is 0 Å². The fourth-order valence-corrected chi connectivity index (χ4v) is 4.45. The van der Waals surface area contributed by atoms with E-state index in [1.165, 1.54) is 0 Å². The van der Waals surface area contributed by atoms with Gasteiger partial charge in [-0.1, -0.05) is 0 Å². The van der Waals surface area contributed by atoms with Crippen molar-refractivity contribution in [3.05, 3.63) is 29.2 Å². The lowest BCUT2D eigenvalue weighted by molar-refractivity contribution is -0.117. The molecule has 1 atom stereocenters. The molecule has 0 aromatic carbocycles. The second kappa shape index (κ2) is 10.5. The molecule has 2 aromatic rings. The van der Waals surface area contributed by atoms with Crippen LogP contribution in [0, 0.1) is 6.92 Å². The number of hydrogen-bond acceptors (Lipinski definition) is 7. The molecule has 2 aromatic heterocycles. The lowest BCUT2D eigenvalue weighted by Crippen LogP contribution is -2.53. The van der Waals surface area contributed by atoms with Crippen molar-refractivity contribution in [3.63, 3.8) is 0 Å².